The maximum atomic E-state index is 13.1. The van der Waals surface area contributed by atoms with Gasteiger partial charge in [0.25, 0.3) is 0 Å². The molecule has 0 aliphatic rings. The van der Waals surface area contributed by atoms with Crippen LogP contribution in [0.2, 0.25) is 5.02 Å². The number of halogens is 1. The summed E-state index contributed by atoms with van der Waals surface area (Å²) in [6.45, 7) is 3.70. The summed E-state index contributed by atoms with van der Waals surface area (Å²) in [4.78, 5) is 14.3. The summed E-state index contributed by atoms with van der Waals surface area (Å²) in [5, 5.41) is 11.5. The van der Waals surface area contributed by atoms with Gasteiger partial charge < -0.3 is 9.84 Å². The maximum Gasteiger partial charge on any atom is 0.338 e. The molecule has 4 aromatic rings. The highest BCUT2D eigenvalue weighted by Crippen LogP contribution is 2.23. The molecule has 0 aliphatic carbocycles. The summed E-state index contributed by atoms with van der Waals surface area (Å²) in [5.41, 5.74) is 3.18. The van der Waals surface area contributed by atoms with E-state index in [1.165, 1.54) is 24.3 Å². The quantitative estimate of drug-likeness (QED) is 0.204. The van der Waals surface area contributed by atoms with Gasteiger partial charge >= 0.3 is 5.97 Å². The number of aliphatic hydroxyl groups excluding tert-OH is 1. The summed E-state index contributed by atoms with van der Waals surface area (Å²) >= 11 is 6.13. The lowest BCUT2D eigenvalue weighted by molar-refractivity contribution is 0.0526. The van der Waals surface area contributed by atoms with Gasteiger partial charge in [-0.1, -0.05) is 66.2 Å². The molecule has 0 aliphatic heterocycles. The summed E-state index contributed by atoms with van der Waals surface area (Å²) in [6.07, 6.45) is -0.0333. The normalized spacial score (nSPS) is 12.3. The van der Waals surface area contributed by atoms with Gasteiger partial charge in [-0.2, -0.15) is 0 Å². The van der Waals surface area contributed by atoms with Gasteiger partial charge in [0.1, 0.15) is 0 Å². The van der Waals surface area contributed by atoms with Gasteiger partial charge in [-0.05, 0) is 78.6 Å². The van der Waals surface area contributed by atoms with E-state index in [2.05, 4.69) is 17.0 Å². The number of hydrogen-bond donors (Lipinski definition) is 1. The average molecular weight is 578 g/mol. The van der Waals surface area contributed by atoms with Gasteiger partial charge in [0.2, 0.25) is 9.84 Å². The molecule has 0 amide bonds. The first-order valence-corrected chi connectivity index (χ1v) is 14.9. The van der Waals surface area contributed by atoms with Gasteiger partial charge in [-0.3, -0.25) is 4.90 Å². The Morgan fingerprint density at radius 2 is 1.52 bits per heavy atom. The molecule has 0 radical (unpaired) electrons. The molecule has 208 valence electrons. The number of nitrogens with zero attached hydrogens (tertiary/aromatic N) is 1. The van der Waals surface area contributed by atoms with Crippen LogP contribution in [-0.2, 0) is 27.5 Å². The molecule has 0 bridgehead atoms. The van der Waals surface area contributed by atoms with Crippen LogP contribution < -0.4 is 0 Å². The molecule has 0 unspecified atom stereocenters. The minimum absolute atomic E-state index is 0.109. The van der Waals surface area contributed by atoms with Crippen molar-refractivity contribution in [2.24, 2.45) is 0 Å². The van der Waals surface area contributed by atoms with Crippen molar-refractivity contribution < 1.29 is 23.1 Å². The van der Waals surface area contributed by atoms with E-state index in [-0.39, 0.29) is 16.4 Å². The second-order valence-corrected chi connectivity index (χ2v) is 11.8. The number of sulfone groups is 1. The Labute approximate surface area is 240 Å². The van der Waals surface area contributed by atoms with E-state index in [9.17, 15) is 18.3 Å². The van der Waals surface area contributed by atoms with Gasteiger partial charge in [0, 0.05) is 24.7 Å². The fraction of sp³-hybridized carbons (Fsp3) is 0.219. The number of carbonyl (C=O) groups excluding carboxylic acids is 1. The molecule has 40 heavy (non-hydrogen) atoms. The van der Waals surface area contributed by atoms with Crippen molar-refractivity contribution in [3.8, 4) is 0 Å². The van der Waals surface area contributed by atoms with E-state index in [4.69, 9.17) is 16.3 Å². The number of rotatable bonds is 12. The number of benzene rings is 4. The van der Waals surface area contributed by atoms with Gasteiger partial charge in [0.05, 0.1) is 28.1 Å². The molecule has 0 heterocycles. The highest BCUT2D eigenvalue weighted by Gasteiger charge is 2.19. The topological polar surface area (TPSA) is 83.9 Å². The van der Waals surface area contributed by atoms with Crippen LogP contribution >= 0.6 is 11.6 Å². The molecular formula is C32H32ClNO5S. The predicted molar refractivity (Wildman–Crippen MR) is 156 cm³/mol. The first-order valence-electron chi connectivity index (χ1n) is 13.1. The molecule has 0 spiro atoms. The number of ether oxygens (including phenoxy) is 1. The second-order valence-electron chi connectivity index (χ2n) is 9.43. The van der Waals surface area contributed by atoms with Crippen molar-refractivity contribution in [2.75, 3.05) is 19.7 Å². The lowest BCUT2D eigenvalue weighted by Crippen LogP contribution is -2.30. The van der Waals surface area contributed by atoms with Crippen molar-refractivity contribution in [3.05, 3.63) is 130 Å². The highest BCUT2D eigenvalue weighted by atomic mass is 35.5. The molecule has 1 N–H and O–H groups in total. The number of carbonyl (C=O) groups is 1. The molecule has 1 atom stereocenters. The zero-order chi connectivity index (χ0) is 28.5. The Kier molecular flexibility index (Phi) is 10.1. The van der Waals surface area contributed by atoms with Crippen LogP contribution in [0.15, 0.2) is 113 Å². The van der Waals surface area contributed by atoms with Crippen molar-refractivity contribution >= 4 is 27.4 Å². The van der Waals surface area contributed by atoms with Crippen LogP contribution in [0.4, 0.5) is 0 Å². The molecule has 8 heteroatoms. The van der Waals surface area contributed by atoms with Gasteiger partial charge in [-0.25, -0.2) is 13.2 Å². The third-order valence-electron chi connectivity index (χ3n) is 6.54. The third-order valence-corrected chi connectivity index (χ3v) is 8.56. The monoisotopic (exact) mass is 577 g/mol. The van der Waals surface area contributed by atoms with Gasteiger partial charge in [0.15, 0.2) is 0 Å². The largest absolute Gasteiger partial charge is 0.462 e. The summed E-state index contributed by atoms with van der Waals surface area (Å²) in [7, 11) is -3.74. The third kappa shape index (κ3) is 7.79. The van der Waals surface area contributed by atoms with Crippen LogP contribution in [0.1, 0.15) is 40.1 Å². The predicted octanol–water partition coefficient (Wildman–Crippen LogP) is 6.13. The summed E-state index contributed by atoms with van der Waals surface area (Å²) in [5.74, 6) is -0.489. The van der Waals surface area contributed by atoms with Crippen LogP contribution in [0.25, 0.3) is 0 Å². The lowest BCUT2D eigenvalue weighted by atomic mass is 10.1. The molecule has 0 saturated carbocycles. The van der Waals surface area contributed by atoms with Crippen molar-refractivity contribution in [1.29, 1.82) is 0 Å². The van der Waals surface area contributed by atoms with Gasteiger partial charge in [-0.15, -0.1) is 0 Å². The van der Waals surface area contributed by atoms with E-state index in [1.807, 2.05) is 42.5 Å². The van der Waals surface area contributed by atoms with E-state index >= 15 is 0 Å². The fourth-order valence-corrected chi connectivity index (χ4v) is 5.84. The Hall–Kier alpha value is -3.49. The van der Waals surface area contributed by atoms with E-state index in [1.54, 1.807) is 31.2 Å². The smallest absolute Gasteiger partial charge is 0.338 e. The van der Waals surface area contributed by atoms with Crippen molar-refractivity contribution in [1.82, 2.24) is 4.90 Å². The van der Waals surface area contributed by atoms with E-state index < -0.39 is 21.9 Å². The average Bonchev–Trinajstić information content (AvgIpc) is 2.97. The minimum Gasteiger partial charge on any atom is -0.462 e. The van der Waals surface area contributed by atoms with Crippen LogP contribution in [0, 0.1) is 0 Å². The van der Waals surface area contributed by atoms with Crippen LogP contribution in [0.5, 0.6) is 0 Å². The highest BCUT2D eigenvalue weighted by molar-refractivity contribution is 7.91. The van der Waals surface area contributed by atoms with E-state index in [0.717, 1.165) is 16.7 Å². The standard InChI is InChI=1S/C32H32ClNO5S/c1-2-39-32(36)26-13-17-30(18-14-26)40(37,38)29-15-11-24(12-16-29)19-20-34(22-25-7-4-3-5-8-25)23-31(35)27-9-6-10-28(33)21-27/h3-18,21,31,35H,2,19-20,22-23H2,1H3/t31-/m1/s1. The molecule has 4 rings (SSSR count). The first kappa shape index (κ1) is 29.5. The van der Waals surface area contributed by atoms with Crippen molar-refractivity contribution in [3.63, 3.8) is 0 Å². The number of esters is 1. The Balaban J connectivity index is 1.44. The first-order chi connectivity index (χ1) is 19.3. The van der Waals surface area contributed by atoms with Crippen LogP contribution in [-0.4, -0.2) is 44.1 Å². The molecule has 0 saturated heterocycles. The van der Waals surface area contributed by atoms with Crippen LogP contribution in [0.3, 0.4) is 0 Å². The Bertz CT molecular complexity index is 1510. The van der Waals surface area contributed by atoms with Crippen molar-refractivity contribution in [2.45, 2.75) is 35.8 Å². The molecule has 6 nitrogen and oxygen atoms in total. The maximum absolute atomic E-state index is 13.1. The zero-order valence-electron chi connectivity index (χ0n) is 22.2. The molecule has 4 aromatic carbocycles. The van der Waals surface area contributed by atoms with E-state index in [0.29, 0.717) is 36.6 Å². The molecule has 0 fully saturated rings. The summed E-state index contributed by atoms with van der Waals surface area (Å²) in [6, 6.07) is 29.9. The Morgan fingerprint density at radius 1 is 0.875 bits per heavy atom. The molecular weight excluding hydrogens is 546 g/mol. The zero-order valence-corrected chi connectivity index (χ0v) is 23.8. The number of hydrogen-bond acceptors (Lipinski definition) is 6. The minimum atomic E-state index is -3.74. The number of aliphatic hydroxyl groups is 1. The lowest BCUT2D eigenvalue weighted by Gasteiger charge is -2.25. The molecule has 0 aromatic heterocycles. The second kappa shape index (κ2) is 13.7. The summed E-state index contributed by atoms with van der Waals surface area (Å²) < 4.78 is 31.2. The Morgan fingerprint density at radius 3 is 2.15 bits per heavy atom. The SMILES string of the molecule is CCOC(=O)c1ccc(S(=O)(=O)c2ccc(CCN(Cc3ccccc3)C[C@@H](O)c3cccc(Cl)c3)cc2)cc1. The fourth-order valence-electron chi connectivity index (χ4n) is 4.38.